The van der Waals surface area contributed by atoms with Crippen LogP contribution in [0.5, 0.6) is 0 Å². The molecule has 4 heteroatoms. The van der Waals surface area contributed by atoms with Gasteiger partial charge in [-0.2, -0.15) is 5.10 Å². The number of aryl methyl sites for hydroxylation is 1. The summed E-state index contributed by atoms with van der Waals surface area (Å²) in [5, 5.41) is 7.65. The largest absolute Gasteiger partial charge is 0.348 e. The fourth-order valence-electron chi connectivity index (χ4n) is 4.55. The third-order valence-electron chi connectivity index (χ3n) is 5.94. The molecule has 1 N–H and O–H groups in total. The number of carbonyl (C=O) groups is 1. The van der Waals surface area contributed by atoms with E-state index in [1.165, 1.54) is 32.1 Å². The zero-order chi connectivity index (χ0) is 16.1. The number of amides is 1. The van der Waals surface area contributed by atoms with Crippen molar-refractivity contribution in [3.05, 3.63) is 17.5 Å². The SMILES string of the molecule is CC(NC(=O)c1cc(C(C)(C)C)n(C)n1)C12CCC(CC1)C2. The molecule has 1 aromatic rings. The van der Waals surface area contributed by atoms with E-state index in [0.29, 0.717) is 11.1 Å². The van der Waals surface area contributed by atoms with E-state index in [-0.39, 0.29) is 17.4 Å². The number of nitrogens with one attached hydrogen (secondary N) is 1. The van der Waals surface area contributed by atoms with Crippen molar-refractivity contribution in [1.82, 2.24) is 15.1 Å². The zero-order valence-electron chi connectivity index (χ0n) is 14.6. The smallest absolute Gasteiger partial charge is 0.272 e. The Bertz CT molecular complexity index is 574. The van der Waals surface area contributed by atoms with Crippen molar-refractivity contribution >= 4 is 5.91 Å². The Labute approximate surface area is 133 Å². The molecule has 1 atom stereocenters. The van der Waals surface area contributed by atoms with Gasteiger partial charge < -0.3 is 5.32 Å². The van der Waals surface area contributed by atoms with Crippen LogP contribution in [0.15, 0.2) is 6.07 Å². The van der Waals surface area contributed by atoms with Crippen molar-refractivity contribution in [3.63, 3.8) is 0 Å². The summed E-state index contributed by atoms with van der Waals surface area (Å²) < 4.78 is 1.83. The molecule has 1 heterocycles. The number of nitrogens with zero attached hydrogens (tertiary/aromatic N) is 2. The van der Waals surface area contributed by atoms with Crippen molar-refractivity contribution in [2.24, 2.45) is 18.4 Å². The number of carbonyl (C=O) groups excluding carboxylic acids is 1. The standard InChI is InChI=1S/C18H29N3O/c1-12(18-8-6-13(11-18)7-9-18)19-16(22)14-10-15(17(2,3)4)21(5)20-14/h10,12-13H,6-9,11H2,1-5H3,(H,19,22). The Kier molecular flexibility index (Phi) is 3.61. The van der Waals surface area contributed by atoms with Crippen molar-refractivity contribution in [3.8, 4) is 0 Å². The topological polar surface area (TPSA) is 46.9 Å². The highest BCUT2D eigenvalue weighted by Crippen LogP contribution is 2.55. The molecule has 0 aromatic carbocycles. The molecule has 1 unspecified atom stereocenters. The van der Waals surface area contributed by atoms with Crippen LogP contribution in [-0.2, 0) is 12.5 Å². The first-order valence-corrected chi connectivity index (χ1v) is 8.57. The summed E-state index contributed by atoms with van der Waals surface area (Å²) in [6.45, 7) is 8.61. The first-order valence-electron chi connectivity index (χ1n) is 8.57. The molecule has 2 fully saturated rings. The van der Waals surface area contributed by atoms with Gasteiger partial charge in [-0.15, -0.1) is 0 Å². The second-order valence-electron chi connectivity index (χ2n) is 8.49. The van der Waals surface area contributed by atoms with Gasteiger partial charge in [0.2, 0.25) is 0 Å². The average molecular weight is 303 g/mol. The van der Waals surface area contributed by atoms with Gasteiger partial charge in [-0.05, 0) is 56.4 Å². The van der Waals surface area contributed by atoms with Gasteiger partial charge in [-0.25, -0.2) is 0 Å². The minimum atomic E-state index is -0.0247. The maximum absolute atomic E-state index is 12.6. The van der Waals surface area contributed by atoms with Crippen LogP contribution >= 0.6 is 0 Å². The van der Waals surface area contributed by atoms with Crippen molar-refractivity contribution < 1.29 is 4.79 Å². The van der Waals surface area contributed by atoms with Crippen molar-refractivity contribution in [2.45, 2.75) is 71.3 Å². The number of rotatable bonds is 3. The van der Waals surface area contributed by atoms with Gasteiger partial charge in [-0.3, -0.25) is 9.48 Å². The minimum Gasteiger partial charge on any atom is -0.348 e. The molecule has 4 nitrogen and oxygen atoms in total. The molecule has 1 amide bonds. The number of hydrogen-bond donors (Lipinski definition) is 1. The minimum absolute atomic E-state index is 0.00525. The van der Waals surface area contributed by atoms with E-state index in [2.05, 4.69) is 38.1 Å². The summed E-state index contributed by atoms with van der Waals surface area (Å²) in [5.74, 6) is 0.880. The second kappa shape index (κ2) is 5.10. The van der Waals surface area contributed by atoms with Crippen LogP contribution < -0.4 is 5.32 Å². The van der Waals surface area contributed by atoms with E-state index >= 15 is 0 Å². The van der Waals surface area contributed by atoms with Crippen molar-refractivity contribution in [1.29, 1.82) is 0 Å². The van der Waals surface area contributed by atoms with Crippen LogP contribution in [-0.4, -0.2) is 21.7 Å². The lowest BCUT2D eigenvalue weighted by Gasteiger charge is -2.33. The molecule has 2 bridgehead atoms. The lowest BCUT2D eigenvalue weighted by atomic mass is 9.78. The van der Waals surface area contributed by atoms with Gasteiger partial charge >= 0.3 is 0 Å². The van der Waals surface area contributed by atoms with E-state index in [0.717, 1.165) is 11.6 Å². The highest BCUT2D eigenvalue weighted by atomic mass is 16.2. The van der Waals surface area contributed by atoms with Gasteiger partial charge in [0, 0.05) is 24.2 Å². The molecule has 122 valence electrons. The van der Waals surface area contributed by atoms with Gasteiger partial charge in [0.15, 0.2) is 0 Å². The first kappa shape index (κ1) is 15.6. The maximum Gasteiger partial charge on any atom is 0.272 e. The summed E-state index contributed by atoms with van der Waals surface area (Å²) in [4.78, 5) is 12.6. The fraction of sp³-hybridized carbons (Fsp3) is 0.778. The molecule has 1 aromatic heterocycles. The first-order chi connectivity index (χ1) is 10.2. The molecule has 0 saturated heterocycles. The predicted molar refractivity (Wildman–Crippen MR) is 87.8 cm³/mol. The monoisotopic (exact) mass is 303 g/mol. The number of fused-ring (bicyclic) bond motifs is 2. The second-order valence-corrected chi connectivity index (χ2v) is 8.49. The molecule has 0 spiro atoms. The van der Waals surface area contributed by atoms with Gasteiger partial charge in [0.05, 0.1) is 0 Å². The Balaban J connectivity index is 1.72. The molecule has 0 aliphatic heterocycles. The fourth-order valence-corrected chi connectivity index (χ4v) is 4.55. The van der Waals surface area contributed by atoms with Crippen molar-refractivity contribution in [2.75, 3.05) is 0 Å². The van der Waals surface area contributed by atoms with Crippen LogP contribution in [0, 0.1) is 11.3 Å². The molecule has 3 rings (SSSR count). The van der Waals surface area contributed by atoms with E-state index < -0.39 is 0 Å². The van der Waals surface area contributed by atoms with Gasteiger partial charge in [-0.1, -0.05) is 20.8 Å². The van der Waals surface area contributed by atoms with Crippen LogP contribution in [0.4, 0.5) is 0 Å². The van der Waals surface area contributed by atoms with E-state index in [9.17, 15) is 4.79 Å². The number of hydrogen-bond acceptors (Lipinski definition) is 2. The molecule has 2 saturated carbocycles. The molecular formula is C18H29N3O. The highest BCUT2D eigenvalue weighted by molar-refractivity contribution is 5.92. The Morgan fingerprint density at radius 1 is 1.41 bits per heavy atom. The molecular weight excluding hydrogens is 274 g/mol. The summed E-state index contributed by atoms with van der Waals surface area (Å²) in [5.41, 5.74) is 1.98. The number of aromatic nitrogens is 2. The van der Waals surface area contributed by atoms with Crippen LogP contribution in [0.3, 0.4) is 0 Å². The molecule has 22 heavy (non-hydrogen) atoms. The Hall–Kier alpha value is -1.32. The van der Waals surface area contributed by atoms with Crippen LogP contribution in [0.2, 0.25) is 0 Å². The summed E-state index contributed by atoms with van der Waals surface area (Å²) in [6.07, 6.45) is 6.53. The average Bonchev–Trinajstić information content (AvgIpc) is 3.11. The normalized spacial score (nSPS) is 28.9. The zero-order valence-corrected chi connectivity index (χ0v) is 14.6. The van der Waals surface area contributed by atoms with Gasteiger partial charge in [0.25, 0.3) is 5.91 Å². The van der Waals surface area contributed by atoms with E-state index in [1.54, 1.807) is 0 Å². The highest BCUT2D eigenvalue weighted by Gasteiger charge is 2.48. The summed E-state index contributed by atoms with van der Waals surface area (Å²) >= 11 is 0. The third kappa shape index (κ3) is 2.57. The molecule has 2 aliphatic carbocycles. The summed E-state index contributed by atoms with van der Waals surface area (Å²) in [6, 6.07) is 2.18. The Morgan fingerprint density at radius 2 is 2.05 bits per heavy atom. The van der Waals surface area contributed by atoms with E-state index in [4.69, 9.17) is 0 Å². The summed E-state index contributed by atoms with van der Waals surface area (Å²) in [7, 11) is 1.91. The van der Waals surface area contributed by atoms with E-state index in [1.807, 2.05) is 17.8 Å². The Morgan fingerprint density at radius 3 is 2.50 bits per heavy atom. The lowest BCUT2D eigenvalue weighted by molar-refractivity contribution is 0.0883. The van der Waals surface area contributed by atoms with Crippen LogP contribution in [0.1, 0.15) is 76.0 Å². The quantitative estimate of drug-likeness (QED) is 0.930. The predicted octanol–water partition coefficient (Wildman–Crippen LogP) is 3.42. The maximum atomic E-state index is 12.6. The molecule has 2 aliphatic rings. The molecule has 0 radical (unpaired) electrons. The van der Waals surface area contributed by atoms with Gasteiger partial charge in [0.1, 0.15) is 5.69 Å². The third-order valence-corrected chi connectivity index (χ3v) is 5.94. The van der Waals surface area contributed by atoms with Crippen LogP contribution in [0.25, 0.3) is 0 Å². The lowest BCUT2D eigenvalue weighted by Crippen LogP contribution is -2.44.